The minimum Gasteiger partial charge on any atom is -0.454 e. The molecule has 0 aromatic heterocycles. The molecule has 1 aliphatic heterocycles. The molecule has 1 heterocycles. The van der Waals surface area contributed by atoms with Crippen LogP contribution in [-0.4, -0.2) is 30.8 Å². The van der Waals surface area contributed by atoms with Gasteiger partial charge >= 0.3 is 5.97 Å². The van der Waals surface area contributed by atoms with Crippen molar-refractivity contribution in [2.75, 3.05) is 6.79 Å². The molecule has 1 atom stereocenters. The third-order valence-corrected chi connectivity index (χ3v) is 4.43. The van der Waals surface area contributed by atoms with Crippen LogP contribution >= 0.6 is 0 Å². The molecule has 0 radical (unpaired) electrons. The predicted molar refractivity (Wildman–Crippen MR) is 86.8 cm³/mol. The van der Waals surface area contributed by atoms with Gasteiger partial charge in [0.15, 0.2) is 17.6 Å². The van der Waals surface area contributed by atoms with E-state index in [1.165, 1.54) is 0 Å². The summed E-state index contributed by atoms with van der Waals surface area (Å²) in [6, 6.07) is 5.83. The fourth-order valence-corrected chi connectivity index (χ4v) is 3.04. The van der Waals surface area contributed by atoms with E-state index in [-0.39, 0.29) is 31.1 Å². The Hall–Kier alpha value is -2.24. The summed E-state index contributed by atoms with van der Waals surface area (Å²) in [7, 11) is 0. The summed E-state index contributed by atoms with van der Waals surface area (Å²) in [5.74, 6) is 0.837. The summed E-state index contributed by atoms with van der Waals surface area (Å²) in [6.07, 6.45) is 4.32. The minimum absolute atomic E-state index is 0.210. The maximum Gasteiger partial charge on any atom is 0.306 e. The van der Waals surface area contributed by atoms with Crippen LogP contribution in [0, 0.1) is 0 Å². The van der Waals surface area contributed by atoms with Crippen molar-refractivity contribution in [2.45, 2.75) is 57.6 Å². The molecule has 1 aliphatic carbocycles. The fraction of sp³-hybridized carbons (Fsp3) is 0.556. The largest absolute Gasteiger partial charge is 0.454 e. The number of fused-ring (bicyclic) bond motifs is 1. The zero-order valence-electron chi connectivity index (χ0n) is 13.9. The van der Waals surface area contributed by atoms with E-state index in [4.69, 9.17) is 14.2 Å². The summed E-state index contributed by atoms with van der Waals surface area (Å²) < 4.78 is 15.8. The van der Waals surface area contributed by atoms with E-state index in [2.05, 4.69) is 5.32 Å². The second kappa shape index (κ2) is 7.55. The Kier molecular flexibility index (Phi) is 5.23. The van der Waals surface area contributed by atoms with Crippen LogP contribution in [0.25, 0.3) is 0 Å². The number of hydrogen-bond acceptors (Lipinski definition) is 5. The standard InChI is InChI=1S/C18H23NO5/c1-12(18(21)19-14-4-2-3-5-14)24-17(20)9-7-13-6-8-15-16(10-13)23-11-22-15/h6,8,10,12,14H,2-5,7,9,11H2,1H3,(H,19,21). The molecule has 1 amide bonds. The fourth-order valence-electron chi connectivity index (χ4n) is 3.04. The number of ether oxygens (including phenoxy) is 3. The summed E-state index contributed by atoms with van der Waals surface area (Å²) in [4.78, 5) is 24.0. The summed E-state index contributed by atoms with van der Waals surface area (Å²) >= 11 is 0. The van der Waals surface area contributed by atoms with Gasteiger partial charge in [-0.1, -0.05) is 18.9 Å². The topological polar surface area (TPSA) is 73.9 Å². The number of carbonyl (C=O) groups excluding carboxylic acids is 2. The first-order valence-corrected chi connectivity index (χ1v) is 8.50. The normalized spacial score (nSPS) is 17.5. The smallest absolute Gasteiger partial charge is 0.306 e. The number of rotatable bonds is 6. The van der Waals surface area contributed by atoms with Gasteiger partial charge in [-0.3, -0.25) is 9.59 Å². The maximum atomic E-state index is 12.0. The van der Waals surface area contributed by atoms with Crippen molar-refractivity contribution in [3.8, 4) is 11.5 Å². The van der Waals surface area contributed by atoms with E-state index in [0.717, 1.165) is 37.0 Å². The lowest BCUT2D eigenvalue weighted by Gasteiger charge is -2.17. The van der Waals surface area contributed by atoms with Crippen molar-refractivity contribution in [1.82, 2.24) is 5.32 Å². The van der Waals surface area contributed by atoms with Crippen molar-refractivity contribution in [3.63, 3.8) is 0 Å². The van der Waals surface area contributed by atoms with E-state index in [1.807, 2.05) is 18.2 Å². The van der Waals surface area contributed by atoms with Crippen LogP contribution in [0.5, 0.6) is 11.5 Å². The number of hydrogen-bond donors (Lipinski definition) is 1. The molecule has 1 unspecified atom stereocenters. The van der Waals surface area contributed by atoms with Gasteiger partial charge in [0.2, 0.25) is 6.79 Å². The molecule has 24 heavy (non-hydrogen) atoms. The van der Waals surface area contributed by atoms with Crippen molar-refractivity contribution in [2.24, 2.45) is 0 Å². The first-order valence-electron chi connectivity index (χ1n) is 8.50. The number of carbonyl (C=O) groups is 2. The van der Waals surface area contributed by atoms with Crippen molar-refractivity contribution >= 4 is 11.9 Å². The lowest BCUT2D eigenvalue weighted by Crippen LogP contribution is -2.40. The molecule has 2 aliphatic rings. The molecular weight excluding hydrogens is 310 g/mol. The number of aryl methyl sites for hydroxylation is 1. The Morgan fingerprint density at radius 2 is 2.00 bits per heavy atom. The zero-order valence-corrected chi connectivity index (χ0v) is 13.9. The highest BCUT2D eigenvalue weighted by Gasteiger charge is 2.23. The van der Waals surface area contributed by atoms with Gasteiger partial charge in [0.1, 0.15) is 0 Å². The number of nitrogens with one attached hydrogen (secondary N) is 1. The van der Waals surface area contributed by atoms with E-state index >= 15 is 0 Å². The Bertz CT molecular complexity index is 609. The van der Waals surface area contributed by atoms with Gasteiger partial charge in [-0.2, -0.15) is 0 Å². The summed E-state index contributed by atoms with van der Waals surface area (Å²) in [5, 5.41) is 2.94. The Balaban J connectivity index is 1.42. The highest BCUT2D eigenvalue weighted by atomic mass is 16.7. The van der Waals surface area contributed by atoms with Gasteiger partial charge in [-0.05, 0) is 43.9 Å². The van der Waals surface area contributed by atoms with Crippen LogP contribution in [0.1, 0.15) is 44.6 Å². The van der Waals surface area contributed by atoms with Crippen LogP contribution < -0.4 is 14.8 Å². The molecule has 1 aromatic carbocycles. The van der Waals surface area contributed by atoms with Crippen molar-refractivity contribution in [1.29, 1.82) is 0 Å². The third kappa shape index (κ3) is 4.19. The van der Waals surface area contributed by atoms with E-state index < -0.39 is 6.10 Å². The molecule has 3 rings (SSSR count). The number of amides is 1. The van der Waals surface area contributed by atoms with Crippen LogP contribution in [-0.2, 0) is 20.7 Å². The molecular formula is C18H23NO5. The molecule has 130 valence electrons. The van der Waals surface area contributed by atoms with Gasteiger partial charge in [-0.25, -0.2) is 0 Å². The molecule has 1 aromatic rings. The average Bonchev–Trinajstić information content (AvgIpc) is 3.23. The highest BCUT2D eigenvalue weighted by Crippen LogP contribution is 2.32. The molecule has 0 saturated heterocycles. The second-order valence-electron chi connectivity index (χ2n) is 6.31. The Labute approximate surface area is 141 Å². The van der Waals surface area contributed by atoms with E-state index in [1.54, 1.807) is 6.92 Å². The minimum atomic E-state index is -0.755. The molecule has 0 spiro atoms. The molecule has 0 bridgehead atoms. The van der Waals surface area contributed by atoms with Crippen molar-refractivity contribution in [3.05, 3.63) is 23.8 Å². The van der Waals surface area contributed by atoms with Gasteiger partial charge < -0.3 is 19.5 Å². The first-order chi connectivity index (χ1) is 11.6. The average molecular weight is 333 g/mol. The van der Waals surface area contributed by atoms with Gasteiger partial charge in [0.25, 0.3) is 5.91 Å². The summed E-state index contributed by atoms with van der Waals surface area (Å²) in [5.41, 5.74) is 0.972. The molecule has 1 fully saturated rings. The van der Waals surface area contributed by atoms with Crippen molar-refractivity contribution < 1.29 is 23.8 Å². The van der Waals surface area contributed by atoms with Crippen LogP contribution in [0.4, 0.5) is 0 Å². The number of benzene rings is 1. The summed E-state index contributed by atoms with van der Waals surface area (Å²) in [6.45, 7) is 1.84. The third-order valence-electron chi connectivity index (χ3n) is 4.43. The first kappa shape index (κ1) is 16.6. The van der Waals surface area contributed by atoms with Gasteiger partial charge in [-0.15, -0.1) is 0 Å². The SMILES string of the molecule is CC(OC(=O)CCc1ccc2c(c1)OCO2)C(=O)NC1CCCC1. The highest BCUT2D eigenvalue weighted by molar-refractivity contribution is 5.83. The lowest BCUT2D eigenvalue weighted by molar-refractivity contribution is -0.155. The molecule has 6 nitrogen and oxygen atoms in total. The zero-order chi connectivity index (χ0) is 16.9. The van der Waals surface area contributed by atoms with Crippen LogP contribution in [0.3, 0.4) is 0 Å². The predicted octanol–water partition coefficient (Wildman–Crippen LogP) is 2.34. The Morgan fingerprint density at radius 1 is 1.25 bits per heavy atom. The maximum absolute atomic E-state index is 12.0. The quantitative estimate of drug-likeness (QED) is 0.809. The van der Waals surface area contributed by atoms with Gasteiger partial charge in [0.05, 0.1) is 0 Å². The van der Waals surface area contributed by atoms with Crippen LogP contribution in [0.15, 0.2) is 18.2 Å². The second-order valence-corrected chi connectivity index (χ2v) is 6.31. The molecule has 1 saturated carbocycles. The monoisotopic (exact) mass is 333 g/mol. The van der Waals surface area contributed by atoms with E-state index in [9.17, 15) is 9.59 Å². The van der Waals surface area contributed by atoms with Gasteiger partial charge in [0, 0.05) is 12.5 Å². The molecule has 6 heteroatoms. The number of esters is 1. The van der Waals surface area contributed by atoms with Crippen LogP contribution in [0.2, 0.25) is 0 Å². The molecule has 1 N–H and O–H groups in total. The lowest BCUT2D eigenvalue weighted by atomic mass is 10.1. The van der Waals surface area contributed by atoms with E-state index in [0.29, 0.717) is 12.2 Å². The Morgan fingerprint density at radius 3 is 2.79 bits per heavy atom.